The monoisotopic (exact) mass is 441 g/mol. The van der Waals surface area contributed by atoms with Gasteiger partial charge in [0, 0.05) is 43.0 Å². The van der Waals surface area contributed by atoms with E-state index in [0.29, 0.717) is 43.2 Å². The molecule has 1 N–H and O–H groups in total. The third-order valence-electron chi connectivity index (χ3n) is 5.88. The van der Waals surface area contributed by atoms with Crippen LogP contribution in [0.25, 0.3) is 0 Å². The highest BCUT2D eigenvalue weighted by molar-refractivity contribution is 7.89. The van der Waals surface area contributed by atoms with Crippen LogP contribution in [0, 0.1) is 5.92 Å². The Labute approximate surface area is 183 Å². The number of carbonyl (C=O) groups is 2. The lowest BCUT2D eigenvalue weighted by molar-refractivity contribution is -0.117. The molecule has 31 heavy (non-hydrogen) atoms. The standard InChI is InChI=1S/C23H27N3O4S/c1-17-4-2-14-25(16-17)31(29,30)21-12-8-19(9-13-21)24-23(28)18-6-10-20(11-7-18)26-15-3-5-22(26)27/h6-13,17H,2-5,14-16H2,1H3,(H,24,28). The van der Waals surface area contributed by atoms with Crippen molar-refractivity contribution in [2.45, 2.75) is 37.5 Å². The summed E-state index contributed by atoms with van der Waals surface area (Å²) in [5, 5.41) is 2.79. The van der Waals surface area contributed by atoms with Crippen LogP contribution in [0.1, 0.15) is 43.0 Å². The summed E-state index contributed by atoms with van der Waals surface area (Å²) >= 11 is 0. The Morgan fingerprint density at radius 2 is 1.71 bits per heavy atom. The van der Waals surface area contributed by atoms with E-state index in [4.69, 9.17) is 0 Å². The fraction of sp³-hybridized carbons (Fsp3) is 0.391. The molecule has 2 aliphatic rings. The molecular formula is C23H27N3O4S. The quantitative estimate of drug-likeness (QED) is 0.770. The first kappa shape index (κ1) is 21.5. The van der Waals surface area contributed by atoms with Crippen molar-refractivity contribution in [1.29, 1.82) is 0 Å². The minimum absolute atomic E-state index is 0.103. The van der Waals surface area contributed by atoms with E-state index in [0.717, 1.165) is 24.9 Å². The Morgan fingerprint density at radius 3 is 2.32 bits per heavy atom. The molecule has 0 radical (unpaired) electrons. The summed E-state index contributed by atoms with van der Waals surface area (Å²) < 4.78 is 27.3. The number of hydrogen-bond acceptors (Lipinski definition) is 4. The number of hydrogen-bond donors (Lipinski definition) is 1. The van der Waals surface area contributed by atoms with Crippen molar-refractivity contribution in [2.75, 3.05) is 29.9 Å². The minimum Gasteiger partial charge on any atom is -0.322 e. The van der Waals surface area contributed by atoms with Gasteiger partial charge in [-0.15, -0.1) is 0 Å². The van der Waals surface area contributed by atoms with Crippen molar-refractivity contribution in [2.24, 2.45) is 5.92 Å². The molecule has 2 saturated heterocycles. The lowest BCUT2D eigenvalue weighted by Crippen LogP contribution is -2.39. The summed E-state index contributed by atoms with van der Waals surface area (Å²) in [5.41, 5.74) is 1.78. The number of nitrogens with zero attached hydrogens (tertiary/aromatic N) is 2. The number of amides is 2. The lowest BCUT2D eigenvalue weighted by Gasteiger charge is -2.30. The van der Waals surface area contributed by atoms with Crippen LogP contribution in [0.4, 0.5) is 11.4 Å². The van der Waals surface area contributed by atoms with Gasteiger partial charge in [0.1, 0.15) is 0 Å². The molecule has 0 bridgehead atoms. The minimum atomic E-state index is -3.52. The summed E-state index contributed by atoms with van der Waals surface area (Å²) in [7, 11) is -3.52. The van der Waals surface area contributed by atoms with Gasteiger partial charge >= 0.3 is 0 Å². The van der Waals surface area contributed by atoms with Gasteiger partial charge < -0.3 is 10.2 Å². The second kappa shape index (κ2) is 8.80. The van der Waals surface area contributed by atoms with E-state index in [-0.39, 0.29) is 16.7 Å². The first-order valence-electron chi connectivity index (χ1n) is 10.7. The summed E-state index contributed by atoms with van der Waals surface area (Å²) in [4.78, 5) is 26.4. The smallest absolute Gasteiger partial charge is 0.255 e. The number of piperidine rings is 1. The predicted octanol–water partition coefficient (Wildman–Crippen LogP) is 3.49. The van der Waals surface area contributed by atoms with E-state index in [1.807, 2.05) is 0 Å². The third kappa shape index (κ3) is 4.65. The van der Waals surface area contributed by atoms with Gasteiger partial charge in [0.05, 0.1) is 4.90 Å². The molecule has 2 aromatic carbocycles. The zero-order valence-electron chi connectivity index (χ0n) is 17.6. The molecule has 164 valence electrons. The molecule has 0 aliphatic carbocycles. The van der Waals surface area contributed by atoms with E-state index >= 15 is 0 Å². The highest BCUT2D eigenvalue weighted by Crippen LogP contribution is 2.25. The molecule has 0 spiro atoms. The van der Waals surface area contributed by atoms with Gasteiger partial charge in [0.25, 0.3) is 5.91 Å². The van der Waals surface area contributed by atoms with Crippen LogP contribution in [-0.4, -0.2) is 44.2 Å². The molecule has 2 fully saturated rings. The Hall–Kier alpha value is -2.71. The molecule has 7 nitrogen and oxygen atoms in total. The second-order valence-electron chi connectivity index (χ2n) is 8.28. The largest absolute Gasteiger partial charge is 0.322 e. The number of nitrogens with one attached hydrogen (secondary N) is 1. The second-order valence-corrected chi connectivity index (χ2v) is 10.2. The SMILES string of the molecule is CC1CCCN(S(=O)(=O)c2ccc(NC(=O)c3ccc(N4CCCC4=O)cc3)cc2)C1. The maximum Gasteiger partial charge on any atom is 0.255 e. The van der Waals surface area contributed by atoms with Crippen LogP contribution in [0.2, 0.25) is 0 Å². The number of carbonyl (C=O) groups excluding carboxylic acids is 2. The van der Waals surface area contributed by atoms with E-state index in [2.05, 4.69) is 12.2 Å². The van der Waals surface area contributed by atoms with Gasteiger partial charge in [-0.05, 0) is 73.7 Å². The van der Waals surface area contributed by atoms with Gasteiger partial charge in [-0.3, -0.25) is 9.59 Å². The predicted molar refractivity (Wildman–Crippen MR) is 120 cm³/mol. The van der Waals surface area contributed by atoms with Gasteiger partial charge in [0.2, 0.25) is 15.9 Å². The van der Waals surface area contributed by atoms with Gasteiger partial charge in [-0.2, -0.15) is 4.31 Å². The van der Waals surface area contributed by atoms with Crippen molar-refractivity contribution in [3.63, 3.8) is 0 Å². The lowest BCUT2D eigenvalue weighted by atomic mass is 10.0. The number of benzene rings is 2. The Balaban J connectivity index is 1.41. The molecular weight excluding hydrogens is 414 g/mol. The van der Waals surface area contributed by atoms with Crippen LogP contribution in [0.3, 0.4) is 0 Å². The van der Waals surface area contributed by atoms with Crippen LogP contribution >= 0.6 is 0 Å². The van der Waals surface area contributed by atoms with Crippen molar-refractivity contribution < 1.29 is 18.0 Å². The van der Waals surface area contributed by atoms with Gasteiger partial charge in [-0.25, -0.2) is 8.42 Å². The third-order valence-corrected chi connectivity index (χ3v) is 7.76. The average molecular weight is 442 g/mol. The fourth-order valence-electron chi connectivity index (χ4n) is 4.14. The van der Waals surface area contributed by atoms with Crippen LogP contribution in [0.15, 0.2) is 53.4 Å². The molecule has 4 rings (SSSR count). The summed E-state index contributed by atoms with van der Waals surface area (Å²) in [6.45, 7) is 3.86. The maximum atomic E-state index is 12.9. The summed E-state index contributed by atoms with van der Waals surface area (Å²) in [6.07, 6.45) is 3.33. The van der Waals surface area contributed by atoms with Gasteiger partial charge in [-0.1, -0.05) is 6.92 Å². The molecule has 8 heteroatoms. The van der Waals surface area contributed by atoms with Crippen LogP contribution < -0.4 is 10.2 Å². The number of rotatable bonds is 5. The molecule has 2 amide bonds. The fourth-order valence-corrected chi connectivity index (χ4v) is 5.74. The molecule has 0 aromatic heterocycles. The molecule has 2 heterocycles. The summed E-state index contributed by atoms with van der Waals surface area (Å²) in [6, 6.07) is 13.2. The highest BCUT2D eigenvalue weighted by Gasteiger charge is 2.28. The van der Waals surface area contributed by atoms with Crippen molar-refractivity contribution in [3.05, 3.63) is 54.1 Å². The number of sulfonamides is 1. The van der Waals surface area contributed by atoms with E-state index < -0.39 is 10.0 Å². The van der Waals surface area contributed by atoms with Crippen LogP contribution in [-0.2, 0) is 14.8 Å². The topological polar surface area (TPSA) is 86.8 Å². The molecule has 1 unspecified atom stereocenters. The summed E-state index contributed by atoms with van der Waals surface area (Å²) in [5.74, 6) is 0.170. The van der Waals surface area contributed by atoms with E-state index in [1.54, 1.807) is 45.6 Å². The van der Waals surface area contributed by atoms with Crippen LogP contribution in [0.5, 0.6) is 0 Å². The highest BCUT2D eigenvalue weighted by atomic mass is 32.2. The Bertz CT molecular complexity index is 1070. The van der Waals surface area contributed by atoms with Crippen molar-refractivity contribution >= 4 is 33.2 Å². The molecule has 2 aliphatic heterocycles. The molecule has 0 saturated carbocycles. The first-order chi connectivity index (χ1) is 14.8. The number of anilines is 2. The first-order valence-corrected chi connectivity index (χ1v) is 12.1. The average Bonchev–Trinajstić information content (AvgIpc) is 3.20. The molecule has 2 aromatic rings. The van der Waals surface area contributed by atoms with Gasteiger partial charge in [0.15, 0.2) is 0 Å². The Kier molecular flexibility index (Phi) is 6.11. The van der Waals surface area contributed by atoms with E-state index in [9.17, 15) is 18.0 Å². The zero-order valence-corrected chi connectivity index (χ0v) is 18.4. The molecule has 1 atom stereocenters. The Morgan fingerprint density at radius 1 is 1.00 bits per heavy atom. The normalized spacial score (nSPS) is 20.1. The maximum absolute atomic E-state index is 12.9. The zero-order chi connectivity index (χ0) is 22.0. The van der Waals surface area contributed by atoms with Crippen molar-refractivity contribution in [1.82, 2.24) is 4.31 Å². The van der Waals surface area contributed by atoms with Crippen molar-refractivity contribution in [3.8, 4) is 0 Å². The van der Waals surface area contributed by atoms with E-state index in [1.165, 1.54) is 12.1 Å².